The molecule has 0 N–H and O–H groups in total. The first-order valence-electron chi connectivity index (χ1n) is 7.67. The summed E-state index contributed by atoms with van der Waals surface area (Å²) >= 11 is 1.68. The van der Waals surface area contributed by atoms with Crippen molar-refractivity contribution in [2.75, 3.05) is 7.11 Å². The molecule has 0 aromatic heterocycles. The second-order valence-corrected chi connectivity index (χ2v) is 6.72. The summed E-state index contributed by atoms with van der Waals surface area (Å²) in [7, 11) is 1.44. The van der Waals surface area contributed by atoms with E-state index in [0.717, 1.165) is 17.0 Å². The first-order valence-corrected chi connectivity index (χ1v) is 8.55. The minimum Gasteiger partial charge on any atom is -0.469 e. The van der Waals surface area contributed by atoms with Crippen LogP contribution in [-0.2, 0) is 16.0 Å². The molecule has 0 radical (unpaired) electrons. The maximum absolute atomic E-state index is 11.7. The number of benzene rings is 2. The van der Waals surface area contributed by atoms with Crippen molar-refractivity contribution in [3.05, 3.63) is 71.8 Å². The molecule has 0 saturated heterocycles. The maximum Gasteiger partial charge on any atom is 0.306 e. The molecule has 0 bridgehead atoms. The number of rotatable bonds is 5. The zero-order valence-corrected chi connectivity index (χ0v) is 13.8. The zero-order chi connectivity index (χ0) is 16.1. The van der Waals surface area contributed by atoms with Crippen LogP contribution in [0.4, 0.5) is 0 Å². The number of methoxy groups -OCH3 is 1. The number of nitrogens with zero attached hydrogens (tertiary/aromatic N) is 1. The number of thioether (sulfide) groups is 1. The van der Waals surface area contributed by atoms with Gasteiger partial charge in [0.25, 0.3) is 0 Å². The molecular formula is C19H19NO2S. The summed E-state index contributed by atoms with van der Waals surface area (Å²) < 4.78 is 4.85. The molecule has 4 heteroatoms. The Balaban J connectivity index is 1.81. The molecule has 3 nitrogen and oxygen atoms in total. The number of aliphatic imine (C=N–C) groups is 1. The largest absolute Gasteiger partial charge is 0.469 e. The molecular weight excluding hydrogens is 306 g/mol. The lowest BCUT2D eigenvalue weighted by molar-refractivity contribution is -0.140. The highest BCUT2D eigenvalue weighted by Crippen LogP contribution is 2.34. The van der Waals surface area contributed by atoms with Crippen LogP contribution in [0.2, 0.25) is 0 Å². The summed E-state index contributed by atoms with van der Waals surface area (Å²) in [6.45, 7) is 0. The normalized spacial score (nSPS) is 20.1. The fraction of sp³-hybridized carbons (Fsp3) is 0.263. The lowest BCUT2D eigenvalue weighted by atomic mass is 10.0. The van der Waals surface area contributed by atoms with Crippen LogP contribution in [0.1, 0.15) is 17.5 Å². The van der Waals surface area contributed by atoms with E-state index in [1.54, 1.807) is 11.8 Å². The van der Waals surface area contributed by atoms with Crippen molar-refractivity contribution >= 4 is 22.8 Å². The van der Waals surface area contributed by atoms with E-state index in [1.165, 1.54) is 12.7 Å². The fourth-order valence-corrected chi connectivity index (χ4v) is 3.96. The van der Waals surface area contributed by atoms with Gasteiger partial charge in [-0.2, -0.15) is 0 Å². The summed E-state index contributed by atoms with van der Waals surface area (Å²) in [4.78, 5) is 16.6. The highest BCUT2D eigenvalue weighted by Gasteiger charge is 2.32. The minimum atomic E-state index is -0.176. The van der Waals surface area contributed by atoms with E-state index < -0.39 is 0 Å². The molecule has 0 saturated carbocycles. The van der Waals surface area contributed by atoms with Crippen molar-refractivity contribution in [3.63, 3.8) is 0 Å². The number of hydrogen-bond acceptors (Lipinski definition) is 4. The molecule has 118 valence electrons. The molecule has 0 aliphatic carbocycles. The minimum absolute atomic E-state index is 0.0942. The average molecular weight is 325 g/mol. The second-order valence-electron chi connectivity index (χ2n) is 5.49. The van der Waals surface area contributed by atoms with Crippen LogP contribution in [0.25, 0.3) is 0 Å². The van der Waals surface area contributed by atoms with E-state index in [9.17, 15) is 4.79 Å². The third-order valence-electron chi connectivity index (χ3n) is 3.88. The highest BCUT2D eigenvalue weighted by atomic mass is 32.2. The van der Waals surface area contributed by atoms with Crippen LogP contribution in [0.15, 0.2) is 65.7 Å². The second kappa shape index (κ2) is 7.47. The van der Waals surface area contributed by atoms with Gasteiger partial charge in [0.15, 0.2) is 0 Å². The Bertz CT molecular complexity index is 685. The van der Waals surface area contributed by atoms with Gasteiger partial charge in [0, 0.05) is 10.8 Å². The Kier molecular flexibility index (Phi) is 5.13. The van der Waals surface area contributed by atoms with E-state index in [-0.39, 0.29) is 17.3 Å². The van der Waals surface area contributed by atoms with Crippen LogP contribution in [0.3, 0.4) is 0 Å². The Labute approximate surface area is 140 Å². The monoisotopic (exact) mass is 325 g/mol. The van der Waals surface area contributed by atoms with Gasteiger partial charge in [0.05, 0.1) is 24.6 Å². The Morgan fingerprint density at radius 3 is 2.39 bits per heavy atom. The number of ether oxygens (including phenoxy) is 1. The predicted molar refractivity (Wildman–Crippen MR) is 94.9 cm³/mol. The van der Waals surface area contributed by atoms with Gasteiger partial charge < -0.3 is 4.74 Å². The van der Waals surface area contributed by atoms with E-state index in [0.29, 0.717) is 6.42 Å². The lowest BCUT2D eigenvalue weighted by Crippen LogP contribution is -2.23. The van der Waals surface area contributed by atoms with Gasteiger partial charge in [-0.25, -0.2) is 0 Å². The number of esters is 1. The van der Waals surface area contributed by atoms with Crippen molar-refractivity contribution < 1.29 is 9.53 Å². The van der Waals surface area contributed by atoms with Gasteiger partial charge in [-0.15, -0.1) is 11.8 Å². The molecule has 0 spiro atoms. The smallest absolute Gasteiger partial charge is 0.306 e. The zero-order valence-electron chi connectivity index (χ0n) is 13.0. The first-order chi connectivity index (χ1) is 11.3. The van der Waals surface area contributed by atoms with Crippen LogP contribution in [0, 0.1) is 0 Å². The number of carbonyl (C=O) groups is 1. The van der Waals surface area contributed by atoms with E-state index in [4.69, 9.17) is 9.73 Å². The van der Waals surface area contributed by atoms with Crippen molar-refractivity contribution in [1.82, 2.24) is 0 Å². The van der Waals surface area contributed by atoms with Gasteiger partial charge in [-0.1, -0.05) is 60.7 Å². The highest BCUT2D eigenvalue weighted by molar-refractivity contribution is 8.15. The first kappa shape index (κ1) is 15.8. The standard InChI is InChI=1S/C19H19NO2S/c1-22-18(21)13-17-16(12-14-8-4-2-5-9-14)20-19(23-17)15-10-6-3-7-11-15/h2-11,16-17H,12-13H2,1H3/t16-,17-/m0/s1. The molecule has 0 fully saturated rings. The molecule has 23 heavy (non-hydrogen) atoms. The molecule has 1 aliphatic heterocycles. The molecule has 1 aliphatic rings. The quantitative estimate of drug-likeness (QED) is 0.786. The lowest BCUT2D eigenvalue weighted by Gasteiger charge is -2.16. The Hall–Kier alpha value is -2.07. The summed E-state index contributed by atoms with van der Waals surface area (Å²) in [5.74, 6) is -0.176. The van der Waals surface area contributed by atoms with Crippen molar-refractivity contribution in [1.29, 1.82) is 0 Å². The van der Waals surface area contributed by atoms with Gasteiger partial charge in [-0.05, 0) is 12.0 Å². The molecule has 2 atom stereocenters. The summed E-state index contributed by atoms with van der Waals surface area (Å²) in [6.07, 6.45) is 1.23. The third-order valence-corrected chi connectivity index (χ3v) is 5.23. The predicted octanol–water partition coefficient (Wildman–Crippen LogP) is 3.72. The van der Waals surface area contributed by atoms with E-state index >= 15 is 0 Å². The molecule has 2 aromatic rings. The number of hydrogen-bond donors (Lipinski definition) is 0. The Morgan fingerprint density at radius 1 is 1.09 bits per heavy atom. The SMILES string of the molecule is COC(=O)C[C@@H]1SC(c2ccccc2)=N[C@H]1Cc1ccccc1. The van der Waals surface area contributed by atoms with Gasteiger partial charge in [0.2, 0.25) is 0 Å². The topological polar surface area (TPSA) is 38.7 Å². The van der Waals surface area contributed by atoms with Crippen LogP contribution < -0.4 is 0 Å². The molecule has 2 aromatic carbocycles. The van der Waals surface area contributed by atoms with Crippen molar-refractivity contribution in [3.8, 4) is 0 Å². The van der Waals surface area contributed by atoms with Gasteiger partial charge >= 0.3 is 5.97 Å². The van der Waals surface area contributed by atoms with Crippen molar-refractivity contribution in [2.24, 2.45) is 4.99 Å². The molecule has 1 heterocycles. The van der Waals surface area contributed by atoms with E-state index in [2.05, 4.69) is 24.3 Å². The van der Waals surface area contributed by atoms with Crippen LogP contribution >= 0.6 is 11.8 Å². The van der Waals surface area contributed by atoms with Gasteiger partial charge in [0.1, 0.15) is 0 Å². The number of carbonyl (C=O) groups excluding carboxylic acids is 1. The summed E-state index contributed by atoms with van der Waals surface area (Å²) in [6, 6.07) is 20.5. The average Bonchev–Trinajstić information content (AvgIpc) is 2.99. The van der Waals surface area contributed by atoms with Crippen LogP contribution in [-0.4, -0.2) is 29.4 Å². The summed E-state index contributed by atoms with van der Waals surface area (Å²) in [5.41, 5.74) is 2.36. The van der Waals surface area contributed by atoms with Gasteiger partial charge in [-0.3, -0.25) is 9.79 Å². The fourth-order valence-electron chi connectivity index (χ4n) is 2.67. The molecule has 0 unspecified atom stereocenters. The maximum atomic E-state index is 11.7. The Morgan fingerprint density at radius 2 is 1.74 bits per heavy atom. The third kappa shape index (κ3) is 4.02. The molecule has 3 rings (SSSR count). The van der Waals surface area contributed by atoms with Crippen molar-refractivity contribution in [2.45, 2.75) is 24.1 Å². The molecule has 0 amide bonds. The van der Waals surface area contributed by atoms with E-state index in [1.807, 2.05) is 36.4 Å². The van der Waals surface area contributed by atoms with Crippen LogP contribution in [0.5, 0.6) is 0 Å². The summed E-state index contributed by atoms with van der Waals surface area (Å²) in [5, 5.41) is 1.14.